The lowest BCUT2D eigenvalue weighted by atomic mass is 9.81. The highest BCUT2D eigenvalue weighted by atomic mass is 14.3. The van der Waals surface area contributed by atoms with Crippen molar-refractivity contribution in [3.8, 4) is 11.1 Å². The Morgan fingerprint density at radius 2 is 1.57 bits per heavy atom. The second-order valence-corrected chi connectivity index (χ2v) is 8.28. The van der Waals surface area contributed by atoms with Gasteiger partial charge in [0.2, 0.25) is 0 Å². The molecule has 1 aliphatic carbocycles. The Kier molecular flexibility index (Phi) is 3.06. The molecule has 2 aromatic rings. The first-order valence-corrected chi connectivity index (χ1v) is 7.86. The average molecular weight is 277 g/mol. The van der Waals surface area contributed by atoms with E-state index in [0.29, 0.717) is 0 Å². The molecular weight excluding hydrogens is 252 g/mol. The van der Waals surface area contributed by atoms with Crippen molar-refractivity contribution >= 4 is 0 Å². The van der Waals surface area contributed by atoms with Crippen molar-refractivity contribution < 1.29 is 0 Å². The summed E-state index contributed by atoms with van der Waals surface area (Å²) in [5.41, 5.74) is 8.78. The minimum atomic E-state index is 0.163. The molecule has 3 rings (SSSR count). The van der Waals surface area contributed by atoms with Gasteiger partial charge in [-0.25, -0.2) is 0 Å². The summed E-state index contributed by atoms with van der Waals surface area (Å²) in [5, 5.41) is 0. The van der Waals surface area contributed by atoms with Gasteiger partial charge in [0, 0.05) is 0 Å². The van der Waals surface area contributed by atoms with E-state index in [4.69, 9.17) is 0 Å². The second kappa shape index (κ2) is 4.47. The lowest BCUT2D eigenvalue weighted by molar-refractivity contribution is 0.588. The fourth-order valence-corrected chi connectivity index (χ4v) is 3.23. The summed E-state index contributed by atoms with van der Waals surface area (Å²) in [4.78, 5) is 0. The van der Waals surface area contributed by atoms with Crippen LogP contribution in [-0.2, 0) is 17.3 Å². The van der Waals surface area contributed by atoms with E-state index >= 15 is 0 Å². The van der Waals surface area contributed by atoms with E-state index in [2.05, 4.69) is 77.9 Å². The third-order valence-corrected chi connectivity index (χ3v) is 4.43. The van der Waals surface area contributed by atoms with E-state index in [9.17, 15) is 0 Å². The highest BCUT2D eigenvalue weighted by Crippen LogP contribution is 2.43. The molecule has 0 aliphatic heterocycles. The van der Waals surface area contributed by atoms with Gasteiger partial charge in [0.15, 0.2) is 0 Å². The maximum atomic E-state index is 3.69. The quantitative estimate of drug-likeness (QED) is 0.498. The Labute approximate surface area is 129 Å². The number of hydrogen-bond acceptors (Lipinski definition) is 0. The molecule has 0 heteroatoms. The summed E-state index contributed by atoms with van der Waals surface area (Å²) in [6.45, 7) is 13.7. The fourth-order valence-electron chi connectivity index (χ4n) is 3.23. The standard InChI is InChI=1S/C21H25/c1-20(2,3)16-10-11-17-15(13-16)12-14-8-7-9-18(19(14)17)21(4,5)6/h7-11H,12H2,1-6H3. The predicted molar refractivity (Wildman–Crippen MR) is 90.9 cm³/mol. The third-order valence-electron chi connectivity index (χ3n) is 4.43. The van der Waals surface area contributed by atoms with Crippen molar-refractivity contribution in [1.29, 1.82) is 0 Å². The van der Waals surface area contributed by atoms with E-state index in [1.165, 1.54) is 33.4 Å². The van der Waals surface area contributed by atoms with Crippen LogP contribution in [0.3, 0.4) is 0 Å². The van der Waals surface area contributed by atoms with Crippen molar-refractivity contribution in [2.75, 3.05) is 0 Å². The Bertz CT molecular complexity index is 691. The van der Waals surface area contributed by atoms with Crippen LogP contribution in [0.1, 0.15) is 63.8 Å². The van der Waals surface area contributed by atoms with Gasteiger partial charge in [-0.3, -0.25) is 0 Å². The van der Waals surface area contributed by atoms with Gasteiger partial charge in [-0.05, 0) is 56.7 Å². The normalized spacial score (nSPS) is 14.0. The first-order valence-electron chi connectivity index (χ1n) is 7.86. The van der Waals surface area contributed by atoms with Crippen LogP contribution < -0.4 is 0 Å². The molecule has 0 heterocycles. The molecule has 0 spiro atoms. The molecule has 1 radical (unpaired) electrons. The zero-order chi connectivity index (χ0) is 15.4. The Hall–Kier alpha value is -1.56. The van der Waals surface area contributed by atoms with Crippen molar-refractivity contribution in [2.24, 2.45) is 0 Å². The van der Waals surface area contributed by atoms with Crippen LogP contribution in [0.2, 0.25) is 0 Å². The van der Waals surface area contributed by atoms with E-state index < -0.39 is 0 Å². The van der Waals surface area contributed by atoms with E-state index in [1.807, 2.05) is 0 Å². The number of fused-ring (bicyclic) bond motifs is 3. The molecule has 109 valence electrons. The topological polar surface area (TPSA) is 0 Å². The van der Waals surface area contributed by atoms with E-state index in [1.54, 1.807) is 0 Å². The molecule has 21 heavy (non-hydrogen) atoms. The first-order chi connectivity index (χ1) is 9.68. The number of benzene rings is 2. The van der Waals surface area contributed by atoms with Crippen molar-refractivity contribution in [2.45, 2.75) is 58.8 Å². The van der Waals surface area contributed by atoms with Gasteiger partial charge < -0.3 is 0 Å². The molecule has 1 aliphatic rings. The van der Waals surface area contributed by atoms with Crippen LogP contribution in [0.4, 0.5) is 0 Å². The zero-order valence-electron chi connectivity index (χ0n) is 14.1. The molecule has 0 bridgehead atoms. The summed E-state index contributed by atoms with van der Waals surface area (Å²) in [5.74, 6) is 0. The van der Waals surface area contributed by atoms with Crippen LogP contribution >= 0.6 is 0 Å². The Morgan fingerprint density at radius 3 is 2.19 bits per heavy atom. The Morgan fingerprint density at radius 1 is 0.857 bits per heavy atom. The average Bonchev–Trinajstić information content (AvgIpc) is 2.73. The highest BCUT2D eigenvalue weighted by molar-refractivity contribution is 5.80. The molecule has 0 saturated carbocycles. The maximum absolute atomic E-state index is 3.69. The lowest BCUT2D eigenvalue weighted by Gasteiger charge is -2.23. The van der Waals surface area contributed by atoms with Crippen LogP contribution in [0.15, 0.2) is 30.3 Å². The van der Waals surface area contributed by atoms with E-state index in [-0.39, 0.29) is 10.8 Å². The maximum Gasteiger partial charge on any atom is -0.000707 e. The van der Waals surface area contributed by atoms with Gasteiger partial charge in [-0.15, -0.1) is 0 Å². The number of hydrogen-bond donors (Lipinski definition) is 0. The largest absolute Gasteiger partial charge is 0.0616 e. The van der Waals surface area contributed by atoms with Gasteiger partial charge in [0.1, 0.15) is 0 Å². The molecular formula is C21H25. The molecule has 0 amide bonds. The molecule has 0 unspecified atom stereocenters. The minimum absolute atomic E-state index is 0.163. The summed E-state index contributed by atoms with van der Waals surface area (Å²) in [6.07, 6.45) is 1.03. The number of rotatable bonds is 0. The van der Waals surface area contributed by atoms with Crippen LogP contribution in [-0.4, -0.2) is 0 Å². The summed E-state index contributed by atoms with van der Waals surface area (Å²) >= 11 is 0. The molecule has 0 N–H and O–H groups in total. The van der Waals surface area contributed by atoms with Gasteiger partial charge in [-0.1, -0.05) is 71.9 Å². The van der Waals surface area contributed by atoms with Gasteiger partial charge in [-0.2, -0.15) is 0 Å². The molecule has 0 saturated heterocycles. The highest BCUT2D eigenvalue weighted by Gasteiger charge is 2.27. The molecule has 0 fully saturated rings. The van der Waals surface area contributed by atoms with Crippen molar-refractivity contribution in [3.05, 3.63) is 58.7 Å². The predicted octanol–water partition coefficient (Wildman–Crippen LogP) is 5.65. The van der Waals surface area contributed by atoms with Crippen molar-refractivity contribution in [1.82, 2.24) is 0 Å². The van der Waals surface area contributed by atoms with Gasteiger partial charge >= 0.3 is 0 Å². The van der Waals surface area contributed by atoms with Crippen LogP contribution in [0.25, 0.3) is 11.1 Å². The van der Waals surface area contributed by atoms with Gasteiger partial charge in [0.05, 0.1) is 0 Å². The summed E-state index contributed by atoms with van der Waals surface area (Å²) in [6, 6.07) is 15.0. The zero-order valence-corrected chi connectivity index (χ0v) is 14.1. The van der Waals surface area contributed by atoms with Crippen LogP contribution in [0.5, 0.6) is 0 Å². The Balaban J connectivity index is 2.19. The minimum Gasteiger partial charge on any atom is -0.0616 e. The molecule has 0 atom stereocenters. The summed E-state index contributed by atoms with van der Waals surface area (Å²) < 4.78 is 0. The lowest BCUT2D eigenvalue weighted by Crippen LogP contribution is -2.13. The molecule has 2 aromatic carbocycles. The molecule has 0 nitrogen and oxygen atoms in total. The smallest absolute Gasteiger partial charge is 0.000707 e. The van der Waals surface area contributed by atoms with Crippen molar-refractivity contribution in [3.63, 3.8) is 0 Å². The summed E-state index contributed by atoms with van der Waals surface area (Å²) in [7, 11) is 0. The second-order valence-electron chi connectivity index (χ2n) is 8.28. The third kappa shape index (κ3) is 2.41. The SMILES string of the molecule is CC(C)(C)c1[c]c2c(cc1)-c1c(cccc1C(C)(C)C)C2. The first kappa shape index (κ1) is 14.4. The van der Waals surface area contributed by atoms with E-state index in [0.717, 1.165) is 6.42 Å². The van der Waals surface area contributed by atoms with Crippen LogP contribution in [0, 0.1) is 6.07 Å². The monoisotopic (exact) mass is 277 g/mol. The fraction of sp³-hybridized carbons (Fsp3) is 0.429. The van der Waals surface area contributed by atoms with Gasteiger partial charge in [0.25, 0.3) is 0 Å². The molecule has 0 aromatic heterocycles.